The second kappa shape index (κ2) is 6.93. The molecule has 2 N–H and O–H groups in total. The van der Waals surface area contributed by atoms with Crippen LogP contribution in [0.3, 0.4) is 0 Å². The zero-order valence-electron chi connectivity index (χ0n) is 11.4. The number of amides is 1. The molecule has 1 aromatic rings. The van der Waals surface area contributed by atoms with E-state index in [1.165, 1.54) is 5.56 Å². The third-order valence-corrected chi connectivity index (χ3v) is 4.25. The highest BCUT2D eigenvalue weighted by molar-refractivity contribution is 7.99. The van der Waals surface area contributed by atoms with Crippen molar-refractivity contribution in [3.63, 3.8) is 0 Å². The first kappa shape index (κ1) is 14.4. The van der Waals surface area contributed by atoms with Gasteiger partial charge < -0.3 is 10.2 Å². The monoisotopic (exact) mass is 279 g/mol. The van der Waals surface area contributed by atoms with E-state index in [1.807, 2.05) is 32.3 Å². The number of hydrogen-bond acceptors (Lipinski definition) is 4. The van der Waals surface area contributed by atoms with Crippen molar-refractivity contribution in [3.8, 4) is 0 Å². The summed E-state index contributed by atoms with van der Waals surface area (Å²) in [4.78, 5) is 14.1. The molecule has 2 atom stereocenters. The lowest BCUT2D eigenvalue weighted by Gasteiger charge is -2.25. The summed E-state index contributed by atoms with van der Waals surface area (Å²) in [5.41, 5.74) is 1.22. The molecule has 2 rings (SSSR count). The first-order chi connectivity index (χ1) is 9.18. The van der Waals surface area contributed by atoms with Gasteiger partial charge in [0.1, 0.15) is 0 Å². The van der Waals surface area contributed by atoms with Crippen molar-refractivity contribution >= 4 is 17.7 Å². The predicted molar refractivity (Wildman–Crippen MR) is 80.1 cm³/mol. The highest BCUT2D eigenvalue weighted by Crippen LogP contribution is 2.17. The number of benzene rings is 1. The van der Waals surface area contributed by atoms with E-state index in [0.717, 1.165) is 11.6 Å². The molecule has 1 amide bonds. The first-order valence-electron chi connectivity index (χ1n) is 6.48. The van der Waals surface area contributed by atoms with Gasteiger partial charge in [0.25, 0.3) is 0 Å². The Morgan fingerprint density at radius 2 is 2.21 bits per heavy atom. The Morgan fingerprint density at radius 3 is 2.79 bits per heavy atom. The molecule has 1 saturated heterocycles. The summed E-state index contributed by atoms with van der Waals surface area (Å²) in [6, 6.07) is 10.4. The lowest BCUT2D eigenvalue weighted by Crippen LogP contribution is -2.44. The smallest absolute Gasteiger partial charge is 0.238 e. The molecular weight excluding hydrogens is 258 g/mol. The van der Waals surface area contributed by atoms with Crippen LogP contribution in [-0.2, 0) is 4.79 Å². The van der Waals surface area contributed by atoms with Gasteiger partial charge in [-0.15, -0.1) is 11.8 Å². The van der Waals surface area contributed by atoms with Crippen LogP contribution in [0.15, 0.2) is 30.3 Å². The third kappa shape index (κ3) is 3.96. The van der Waals surface area contributed by atoms with Gasteiger partial charge in [0, 0.05) is 18.2 Å². The maximum Gasteiger partial charge on any atom is 0.238 e. The molecule has 1 aliphatic heterocycles. The van der Waals surface area contributed by atoms with Gasteiger partial charge in [0.15, 0.2) is 0 Å². The fourth-order valence-corrected chi connectivity index (χ4v) is 3.10. The van der Waals surface area contributed by atoms with Crippen LogP contribution in [0, 0.1) is 0 Å². The largest absolute Gasteiger partial charge is 0.353 e. The third-order valence-electron chi connectivity index (χ3n) is 3.31. The Balaban J connectivity index is 1.92. The number of nitrogens with zero attached hydrogens (tertiary/aromatic N) is 1. The maximum absolute atomic E-state index is 12.0. The molecule has 19 heavy (non-hydrogen) atoms. The molecular formula is C14H21N3OS. The van der Waals surface area contributed by atoms with Crippen molar-refractivity contribution in [1.29, 1.82) is 0 Å². The summed E-state index contributed by atoms with van der Waals surface area (Å²) < 4.78 is 0. The number of carbonyl (C=O) groups is 1. The second-order valence-electron chi connectivity index (χ2n) is 4.91. The molecule has 4 nitrogen and oxygen atoms in total. The number of carbonyl (C=O) groups excluding carboxylic acids is 1. The highest BCUT2D eigenvalue weighted by atomic mass is 32.2. The van der Waals surface area contributed by atoms with Crippen LogP contribution in [0.25, 0.3) is 0 Å². The molecule has 0 radical (unpaired) electrons. The van der Waals surface area contributed by atoms with E-state index < -0.39 is 0 Å². The predicted octanol–water partition coefficient (Wildman–Crippen LogP) is 1.07. The van der Waals surface area contributed by atoms with E-state index in [1.54, 1.807) is 11.8 Å². The quantitative estimate of drug-likeness (QED) is 0.846. The average molecular weight is 279 g/mol. The van der Waals surface area contributed by atoms with Crippen molar-refractivity contribution in [1.82, 2.24) is 15.5 Å². The van der Waals surface area contributed by atoms with E-state index >= 15 is 0 Å². The summed E-state index contributed by atoms with van der Waals surface area (Å²) in [6.07, 6.45) is 0. The lowest BCUT2D eigenvalue weighted by molar-refractivity contribution is -0.122. The Kier molecular flexibility index (Phi) is 5.24. The van der Waals surface area contributed by atoms with Gasteiger partial charge in [0.05, 0.1) is 12.1 Å². The Bertz CT molecular complexity index is 404. The summed E-state index contributed by atoms with van der Waals surface area (Å²) in [5, 5.41) is 6.23. The maximum atomic E-state index is 12.0. The van der Waals surface area contributed by atoms with E-state index in [0.29, 0.717) is 6.54 Å². The van der Waals surface area contributed by atoms with E-state index in [-0.39, 0.29) is 18.0 Å². The molecule has 104 valence electrons. The van der Waals surface area contributed by atoms with Crippen molar-refractivity contribution < 1.29 is 4.79 Å². The second-order valence-corrected chi connectivity index (χ2v) is 5.94. The molecule has 0 spiro atoms. The number of likely N-dealkylation sites (N-methyl/N-ethyl adjacent to an activating group) is 1. The number of nitrogens with one attached hydrogen (secondary N) is 2. The molecule has 5 heteroatoms. The van der Waals surface area contributed by atoms with Crippen LogP contribution in [0.5, 0.6) is 0 Å². The Hall–Kier alpha value is -1.04. The normalized spacial score (nSPS) is 20.5. The minimum absolute atomic E-state index is 0.0383. The van der Waals surface area contributed by atoms with Crippen molar-refractivity contribution in [2.45, 2.75) is 12.1 Å². The van der Waals surface area contributed by atoms with Crippen molar-refractivity contribution in [3.05, 3.63) is 35.9 Å². The van der Waals surface area contributed by atoms with Crippen molar-refractivity contribution in [2.24, 2.45) is 0 Å². The van der Waals surface area contributed by atoms with Crippen LogP contribution in [0.2, 0.25) is 0 Å². The fraction of sp³-hybridized carbons (Fsp3) is 0.500. The molecule has 0 aliphatic carbocycles. The minimum atomic E-state index is -0.0383. The zero-order chi connectivity index (χ0) is 13.7. The number of rotatable bonds is 5. The van der Waals surface area contributed by atoms with Gasteiger partial charge in [0.2, 0.25) is 5.91 Å². The lowest BCUT2D eigenvalue weighted by atomic mass is 10.1. The zero-order valence-corrected chi connectivity index (χ0v) is 12.2. The molecule has 0 aromatic heterocycles. The molecule has 1 aliphatic rings. The number of hydrogen-bond donors (Lipinski definition) is 2. The SMILES string of the molecule is CN(C)C(CNC(=O)C1CSCN1)c1ccccc1. The Labute approximate surface area is 118 Å². The van der Waals surface area contributed by atoms with Gasteiger partial charge in [-0.05, 0) is 19.7 Å². The molecule has 1 fully saturated rings. The van der Waals surface area contributed by atoms with E-state index in [2.05, 4.69) is 27.7 Å². The van der Waals surface area contributed by atoms with Gasteiger partial charge in [-0.25, -0.2) is 0 Å². The van der Waals surface area contributed by atoms with E-state index in [9.17, 15) is 4.79 Å². The van der Waals surface area contributed by atoms with Crippen LogP contribution in [-0.4, -0.2) is 49.1 Å². The Morgan fingerprint density at radius 1 is 1.47 bits per heavy atom. The molecule has 1 aromatic carbocycles. The van der Waals surface area contributed by atoms with Crippen LogP contribution in [0.4, 0.5) is 0 Å². The van der Waals surface area contributed by atoms with Gasteiger partial charge >= 0.3 is 0 Å². The molecule has 0 bridgehead atoms. The summed E-state index contributed by atoms with van der Waals surface area (Å²) >= 11 is 1.77. The highest BCUT2D eigenvalue weighted by Gasteiger charge is 2.23. The fourth-order valence-electron chi connectivity index (χ4n) is 2.16. The standard InChI is InChI=1S/C14H21N3OS/c1-17(2)13(11-6-4-3-5-7-11)8-15-14(18)12-9-19-10-16-12/h3-7,12-13,16H,8-10H2,1-2H3,(H,15,18). The van der Waals surface area contributed by atoms with Crippen LogP contribution < -0.4 is 10.6 Å². The summed E-state index contributed by atoms with van der Waals surface area (Å²) in [5.74, 6) is 1.84. The average Bonchev–Trinajstić information content (AvgIpc) is 2.93. The van der Waals surface area contributed by atoms with E-state index in [4.69, 9.17) is 0 Å². The summed E-state index contributed by atoms with van der Waals surface area (Å²) in [7, 11) is 4.07. The topological polar surface area (TPSA) is 44.4 Å². The minimum Gasteiger partial charge on any atom is -0.353 e. The summed E-state index contributed by atoms with van der Waals surface area (Å²) in [6.45, 7) is 0.638. The molecule has 2 unspecified atom stereocenters. The van der Waals surface area contributed by atoms with Crippen molar-refractivity contribution in [2.75, 3.05) is 32.3 Å². The van der Waals surface area contributed by atoms with Gasteiger partial charge in [-0.1, -0.05) is 30.3 Å². The van der Waals surface area contributed by atoms with Crippen LogP contribution >= 0.6 is 11.8 Å². The molecule has 0 saturated carbocycles. The molecule has 1 heterocycles. The number of thioether (sulfide) groups is 1. The van der Waals surface area contributed by atoms with Gasteiger partial charge in [-0.2, -0.15) is 0 Å². The van der Waals surface area contributed by atoms with Gasteiger partial charge in [-0.3, -0.25) is 10.1 Å². The van der Waals surface area contributed by atoms with Crippen LogP contribution in [0.1, 0.15) is 11.6 Å². The first-order valence-corrected chi connectivity index (χ1v) is 7.64.